The first kappa shape index (κ1) is 19.9. The maximum atomic E-state index is 13.2. The van der Waals surface area contributed by atoms with E-state index < -0.39 is 11.6 Å². The Morgan fingerprint density at radius 1 is 1.20 bits per heavy atom. The maximum absolute atomic E-state index is 13.2. The quantitative estimate of drug-likeness (QED) is 0.769. The second-order valence-corrected chi connectivity index (χ2v) is 7.99. The van der Waals surface area contributed by atoms with E-state index in [9.17, 15) is 14.4 Å². The number of rotatable bonds is 3. The van der Waals surface area contributed by atoms with Gasteiger partial charge in [-0.25, -0.2) is 4.79 Å². The molecule has 1 atom stereocenters. The summed E-state index contributed by atoms with van der Waals surface area (Å²) >= 11 is 6.01. The number of carbonyl (C=O) groups is 3. The molecule has 1 N–H and O–H groups in total. The monoisotopic (exact) mass is 422 g/mol. The van der Waals surface area contributed by atoms with Crippen molar-refractivity contribution in [3.8, 4) is 6.07 Å². The van der Waals surface area contributed by atoms with Gasteiger partial charge in [0.05, 0.1) is 24.7 Å². The summed E-state index contributed by atoms with van der Waals surface area (Å²) in [5, 5.41) is 12.3. The molecule has 2 heterocycles. The highest BCUT2D eigenvalue weighted by Gasteiger charge is 2.53. The third kappa shape index (κ3) is 3.62. The average Bonchev–Trinajstić information content (AvgIpc) is 2.97. The van der Waals surface area contributed by atoms with E-state index in [-0.39, 0.29) is 24.9 Å². The van der Waals surface area contributed by atoms with Gasteiger partial charge < -0.3 is 10.2 Å². The topological polar surface area (TPSA) is 93.5 Å². The van der Waals surface area contributed by atoms with Gasteiger partial charge in [0.15, 0.2) is 0 Å². The van der Waals surface area contributed by atoms with E-state index in [0.29, 0.717) is 35.5 Å². The number of carbonyl (C=O) groups excluding carboxylic acids is 3. The van der Waals surface area contributed by atoms with E-state index in [4.69, 9.17) is 16.9 Å². The first-order chi connectivity index (χ1) is 14.4. The van der Waals surface area contributed by atoms with Gasteiger partial charge >= 0.3 is 6.03 Å². The molecule has 2 fully saturated rings. The number of urea groups is 1. The van der Waals surface area contributed by atoms with Crippen LogP contribution in [0, 0.1) is 11.3 Å². The molecule has 0 aliphatic carbocycles. The summed E-state index contributed by atoms with van der Waals surface area (Å²) in [6.07, 6.45) is 1.07. The second kappa shape index (κ2) is 7.81. The van der Waals surface area contributed by atoms with Crippen LogP contribution in [-0.2, 0) is 11.3 Å². The Balaban J connectivity index is 1.52. The van der Waals surface area contributed by atoms with E-state index in [1.807, 2.05) is 6.07 Å². The molecule has 0 radical (unpaired) electrons. The van der Waals surface area contributed by atoms with Crippen LogP contribution in [0.3, 0.4) is 0 Å². The summed E-state index contributed by atoms with van der Waals surface area (Å²) < 4.78 is 0. The Morgan fingerprint density at radius 2 is 1.97 bits per heavy atom. The lowest BCUT2D eigenvalue weighted by Gasteiger charge is -2.38. The predicted molar refractivity (Wildman–Crippen MR) is 110 cm³/mol. The Hall–Kier alpha value is -3.37. The minimum Gasteiger partial charge on any atom is -0.336 e. The number of amides is 4. The summed E-state index contributed by atoms with van der Waals surface area (Å²) in [5.41, 5.74) is 0.551. The average molecular weight is 423 g/mol. The van der Waals surface area contributed by atoms with Crippen LogP contribution >= 0.6 is 11.6 Å². The second-order valence-electron chi connectivity index (χ2n) is 7.55. The lowest BCUT2D eigenvalue weighted by molar-refractivity contribution is -0.133. The third-order valence-electron chi connectivity index (χ3n) is 5.52. The highest BCUT2D eigenvalue weighted by Crippen LogP contribution is 2.30. The summed E-state index contributed by atoms with van der Waals surface area (Å²) in [6, 6.07) is 14.9. The SMILES string of the molecule is N#Cc1ccc(C(=O)N2CCC[C@]3(C2)NC(=O)N(Cc2cccc(Cl)c2)C3=O)cc1. The predicted octanol–water partition coefficient (Wildman–Crippen LogP) is 2.94. The Bertz CT molecular complexity index is 1060. The highest BCUT2D eigenvalue weighted by molar-refractivity contribution is 6.30. The molecule has 152 valence electrons. The van der Waals surface area contributed by atoms with Crippen LogP contribution in [0.5, 0.6) is 0 Å². The number of hydrogen-bond donors (Lipinski definition) is 1. The zero-order valence-electron chi connectivity index (χ0n) is 16.1. The lowest BCUT2D eigenvalue weighted by Crippen LogP contribution is -2.59. The molecule has 30 heavy (non-hydrogen) atoms. The minimum absolute atomic E-state index is 0.114. The molecule has 0 bridgehead atoms. The largest absolute Gasteiger partial charge is 0.336 e. The normalized spacial score (nSPS) is 20.9. The van der Waals surface area contributed by atoms with Gasteiger partial charge in [0.1, 0.15) is 5.54 Å². The summed E-state index contributed by atoms with van der Waals surface area (Å²) in [4.78, 5) is 41.5. The van der Waals surface area contributed by atoms with Crippen molar-refractivity contribution < 1.29 is 14.4 Å². The van der Waals surface area contributed by atoms with Crippen LogP contribution in [-0.4, -0.2) is 46.3 Å². The zero-order chi connectivity index (χ0) is 21.3. The molecule has 2 aromatic carbocycles. The number of nitrogens with one attached hydrogen (secondary N) is 1. The minimum atomic E-state index is -1.11. The first-order valence-electron chi connectivity index (χ1n) is 9.60. The lowest BCUT2D eigenvalue weighted by atomic mass is 9.88. The molecule has 0 unspecified atom stereocenters. The molecule has 8 heteroatoms. The maximum Gasteiger partial charge on any atom is 0.325 e. The molecule has 4 amide bonds. The molecular formula is C22H19ClN4O3. The number of halogens is 1. The fourth-order valence-corrected chi connectivity index (χ4v) is 4.23. The van der Waals surface area contributed by atoms with Gasteiger partial charge in [0.25, 0.3) is 11.8 Å². The molecule has 2 saturated heterocycles. The van der Waals surface area contributed by atoms with Crippen LogP contribution in [0.1, 0.15) is 34.3 Å². The van der Waals surface area contributed by atoms with Crippen LogP contribution in [0.25, 0.3) is 0 Å². The number of benzene rings is 2. The summed E-state index contributed by atoms with van der Waals surface area (Å²) in [5.74, 6) is -0.557. The fraction of sp³-hybridized carbons (Fsp3) is 0.273. The molecule has 2 aromatic rings. The van der Waals surface area contributed by atoms with Gasteiger partial charge in [-0.1, -0.05) is 23.7 Å². The molecular weight excluding hydrogens is 404 g/mol. The number of likely N-dealkylation sites (tertiary alicyclic amines) is 1. The van der Waals surface area contributed by atoms with Crippen LogP contribution in [0.4, 0.5) is 4.79 Å². The molecule has 7 nitrogen and oxygen atoms in total. The van der Waals surface area contributed by atoms with Crippen molar-refractivity contribution in [3.05, 3.63) is 70.2 Å². The van der Waals surface area contributed by atoms with Gasteiger partial charge in [0.2, 0.25) is 0 Å². The number of nitriles is 1. The van der Waals surface area contributed by atoms with Gasteiger partial charge in [-0.3, -0.25) is 14.5 Å². The highest BCUT2D eigenvalue weighted by atomic mass is 35.5. The van der Waals surface area contributed by atoms with Crippen LogP contribution in [0.2, 0.25) is 5.02 Å². The Kier molecular flexibility index (Phi) is 5.18. The van der Waals surface area contributed by atoms with Crippen molar-refractivity contribution in [3.63, 3.8) is 0 Å². The van der Waals surface area contributed by atoms with Crippen LogP contribution in [0.15, 0.2) is 48.5 Å². The molecule has 0 aromatic heterocycles. The zero-order valence-corrected chi connectivity index (χ0v) is 16.9. The van der Waals surface area contributed by atoms with Crippen molar-refractivity contribution in [2.75, 3.05) is 13.1 Å². The standard InChI is InChI=1S/C22H19ClN4O3/c23-18-4-1-3-16(11-18)13-27-20(29)22(25-21(27)30)9-2-10-26(14-22)19(28)17-7-5-15(12-24)6-8-17/h1,3-8,11H,2,9-10,13-14H2,(H,25,30)/t22-/m1/s1. The van der Waals surface area contributed by atoms with Crippen molar-refractivity contribution >= 4 is 29.4 Å². The molecule has 1 spiro atoms. The number of imide groups is 1. The Morgan fingerprint density at radius 3 is 2.67 bits per heavy atom. The number of nitrogens with zero attached hydrogens (tertiary/aromatic N) is 3. The third-order valence-corrected chi connectivity index (χ3v) is 5.75. The van der Waals surface area contributed by atoms with Gasteiger partial charge in [-0.2, -0.15) is 5.26 Å². The fourth-order valence-electron chi connectivity index (χ4n) is 4.01. The molecule has 0 saturated carbocycles. The van der Waals surface area contributed by atoms with Crippen molar-refractivity contribution in [2.45, 2.75) is 24.9 Å². The van der Waals surface area contributed by atoms with Crippen LogP contribution < -0.4 is 5.32 Å². The first-order valence-corrected chi connectivity index (χ1v) is 9.98. The molecule has 4 rings (SSSR count). The van der Waals surface area contributed by atoms with Gasteiger partial charge in [-0.15, -0.1) is 0 Å². The van der Waals surface area contributed by atoms with E-state index in [0.717, 1.165) is 5.56 Å². The number of hydrogen-bond acceptors (Lipinski definition) is 4. The van der Waals surface area contributed by atoms with Crippen molar-refractivity contribution in [2.24, 2.45) is 0 Å². The van der Waals surface area contributed by atoms with Gasteiger partial charge in [0, 0.05) is 17.1 Å². The smallest absolute Gasteiger partial charge is 0.325 e. The van der Waals surface area contributed by atoms with E-state index in [2.05, 4.69) is 5.32 Å². The summed E-state index contributed by atoms with van der Waals surface area (Å²) in [6.45, 7) is 0.733. The van der Waals surface area contributed by atoms with E-state index >= 15 is 0 Å². The van der Waals surface area contributed by atoms with Crippen molar-refractivity contribution in [1.82, 2.24) is 15.1 Å². The van der Waals surface area contributed by atoms with Crippen molar-refractivity contribution in [1.29, 1.82) is 5.26 Å². The summed E-state index contributed by atoms with van der Waals surface area (Å²) in [7, 11) is 0. The van der Waals surface area contributed by atoms with Gasteiger partial charge in [-0.05, 0) is 54.8 Å². The van der Waals surface area contributed by atoms with E-state index in [1.54, 1.807) is 53.4 Å². The van der Waals surface area contributed by atoms with E-state index in [1.165, 1.54) is 4.90 Å². The Labute approximate surface area is 178 Å². The molecule has 2 aliphatic rings. The number of piperidine rings is 1. The molecule has 2 aliphatic heterocycles.